The van der Waals surface area contributed by atoms with Gasteiger partial charge in [-0.25, -0.2) is 13.8 Å². The number of nitrogens with one attached hydrogen (secondary N) is 1. The summed E-state index contributed by atoms with van der Waals surface area (Å²) in [5, 5.41) is 2.55. The summed E-state index contributed by atoms with van der Waals surface area (Å²) in [4.78, 5) is 6.73. The van der Waals surface area contributed by atoms with Crippen LogP contribution < -0.4 is 0 Å². The number of aryl methyl sites for hydroxylation is 1. The maximum absolute atomic E-state index is 13.8. The Morgan fingerprint density at radius 3 is 2.94 bits per heavy atom. The third kappa shape index (κ3) is 2.01. The van der Waals surface area contributed by atoms with Crippen LogP contribution in [0.5, 0.6) is 0 Å². The van der Waals surface area contributed by atoms with Gasteiger partial charge in [0, 0.05) is 27.3 Å². The lowest BCUT2D eigenvalue weighted by molar-refractivity contribution is 0.585. The number of rotatable bonds is 0. The van der Waals surface area contributed by atoms with E-state index in [-0.39, 0.29) is 11.1 Å². The smallest absolute Gasteiger partial charge is 0.169 e. The highest BCUT2D eigenvalue weighted by Gasteiger charge is 2.14. The number of hydrogen-bond acceptors (Lipinski definition) is 2. The van der Waals surface area contributed by atoms with Crippen LogP contribution in [0.4, 0.5) is 8.78 Å². The number of benzene rings is 1. The first-order valence-corrected chi connectivity index (χ1v) is 7.62. The lowest BCUT2D eigenvalue weighted by Gasteiger charge is -1.97. The molecule has 0 aliphatic heterocycles. The summed E-state index contributed by atoms with van der Waals surface area (Å²) < 4.78 is 27.3. The number of nitrogens with zero attached hydrogens (tertiary/aromatic N) is 1. The van der Waals surface area contributed by atoms with E-state index in [4.69, 9.17) is 0 Å². The van der Waals surface area contributed by atoms with E-state index in [1.165, 1.54) is 15.0 Å². The molecule has 0 atom stereocenters. The van der Waals surface area contributed by atoms with E-state index in [1.54, 1.807) is 6.92 Å². The molecule has 16 heavy (non-hydrogen) atoms. The van der Waals surface area contributed by atoms with Gasteiger partial charge in [-0.1, -0.05) is 0 Å². The molecule has 0 radical (unpaired) electrons. The molecule has 1 N–H and O–H groups in total. The second kappa shape index (κ2) is 4.59. The molecule has 2 nitrogen and oxygen atoms in total. The average molecular weight is 350 g/mol. The van der Waals surface area contributed by atoms with Gasteiger partial charge in [0.1, 0.15) is 17.2 Å². The Morgan fingerprint density at radius 2 is 2.25 bits per heavy atom. The van der Waals surface area contributed by atoms with Crippen LogP contribution in [-0.2, 0) is 0 Å². The fourth-order valence-electron chi connectivity index (χ4n) is 1.39. The maximum Gasteiger partial charge on any atom is 0.169 e. The summed E-state index contributed by atoms with van der Waals surface area (Å²) >= 11 is 1.94. The number of fused-ring (bicyclic) bond motifs is 1. The van der Waals surface area contributed by atoms with Crippen LogP contribution in [0.2, 0.25) is 0 Å². The molecule has 0 saturated carbocycles. The topological polar surface area (TPSA) is 28.7 Å². The molecule has 0 bridgehead atoms. The van der Waals surface area contributed by atoms with Gasteiger partial charge in [0.2, 0.25) is 0 Å². The molecule has 0 unspecified atom stereocenters. The van der Waals surface area contributed by atoms with Crippen LogP contribution in [-0.4, -0.2) is 9.97 Å². The van der Waals surface area contributed by atoms with Crippen LogP contribution >= 0.6 is 30.1 Å². The Balaban J connectivity index is 2.74. The Morgan fingerprint density at radius 1 is 1.50 bits per heavy atom. The molecule has 82 valence electrons. The van der Waals surface area contributed by atoms with Crippen LogP contribution in [0.3, 0.4) is 0 Å². The molecule has 0 amide bonds. The van der Waals surface area contributed by atoms with Gasteiger partial charge in [0.15, 0.2) is 5.82 Å². The van der Waals surface area contributed by atoms with Crippen molar-refractivity contribution in [2.45, 2.75) is 6.92 Å². The van der Waals surface area contributed by atoms with E-state index in [0.29, 0.717) is 11.3 Å². The summed E-state index contributed by atoms with van der Waals surface area (Å²) in [7, 11) is 1.17. The van der Waals surface area contributed by atoms with E-state index in [1.807, 2.05) is 21.2 Å². The Bertz CT molecular complexity index is 613. The minimum Gasteiger partial charge on any atom is -0.342 e. The molecule has 1 heterocycles. The molecule has 2 rings (SSSR count). The maximum atomic E-state index is 13.8. The monoisotopic (exact) mass is 350 g/mol. The summed E-state index contributed by atoms with van der Waals surface area (Å²) in [6.07, 6.45) is 0. The minimum atomic E-state index is -0.711. The highest BCUT2D eigenvalue weighted by Crippen LogP contribution is 2.22. The summed E-state index contributed by atoms with van der Waals surface area (Å²) in [5.41, 5.74) is 0.241. The van der Waals surface area contributed by atoms with Gasteiger partial charge in [-0.3, -0.25) is 0 Å². The van der Waals surface area contributed by atoms with Crippen LogP contribution in [0.1, 0.15) is 11.4 Å². The van der Waals surface area contributed by atoms with Crippen LogP contribution in [0.25, 0.3) is 11.0 Å². The van der Waals surface area contributed by atoms with Crippen molar-refractivity contribution in [3.8, 4) is 11.2 Å². The van der Waals surface area contributed by atoms with Gasteiger partial charge in [-0.15, -0.1) is 0 Å². The van der Waals surface area contributed by atoms with Gasteiger partial charge >= 0.3 is 0 Å². The van der Waals surface area contributed by atoms with E-state index >= 15 is 0 Å². The van der Waals surface area contributed by atoms with Crippen molar-refractivity contribution in [2.75, 3.05) is 0 Å². The highest BCUT2D eigenvalue weighted by molar-refractivity contribution is 14.2. The summed E-state index contributed by atoms with van der Waals surface area (Å²) in [6, 6.07) is 1.21. The molecule has 0 saturated heterocycles. The molecular formula is C10H5F2IN2S. The number of H-pyrrole nitrogens is 1. The van der Waals surface area contributed by atoms with Gasteiger partial charge in [-0.05, 0) is 27.0 Å². The fourth-order valence-corrected chi connectivity index (χ4v) is 1.86. The Kier molecular flexibility index (Phi) is 3.35. The summed E-state index contributed by atoms with van der Waals surface area (Å²) in [6.45, 7) is 1.68. The standard InChI is InChI=1S/C10H5F2IN2S/c1-5-14-8-4-7(11)6(2-3-16-13)9(12)10(8)15-5/h4H,1H3,(H,14,15). The molecule has 0 spiro atoms. The third-order valence-electron chi connectivity index (χ3n) is 2.00. The molecule has 0 aliphatic carbocycles. The van der Waals surface area contributed by atoms with E-state index in [2.05, 4.69) is 21.1 Å². The molecule has 1 aromatic carbocycles. The van der Waals surface area contributed by atoms with Gasteiger partial charge in [0.05, 0.1) is 11.1 Å². The summed E-state index contributed by atoms with van der Waals surface area (Å²) in [5.74, 6) is 1.59. The van der Waals surface area contributed by atoms with E-state index < -0.39 is 11.6 Å². The molecule has 2 aromatic rings. The molecule has 0 fully saturated rings. The largest absolute Gasteiger partial charge is 0.342 e. The van der Waals surface area contributed by atoms with E-state index in [0.717, 1.165) is 0 Å². The minimum absolute atomic E-state index is 0.127. The number of hydrogen-bond donors (Lipinski definition) is 1. The fraction of sp³-hybridized carbons (Fsp3) is 0.100. The third-order valence-corrected chi connectivity index (χ3v) is 2.84. The highest BCUT2D eigenvalue weighted by atomic mass is 127. The Labute approximate surface area is 107 Å². The zero-order valence-corrected chi connectivity index (χ0v) is 11.0. The van der Waals surface area contributed by atoms with Crippen molar-refractivity contribution in [2.24, 2.45) is 0 Å². The Hall–Kier alpha value is -0.810. The number of imidazole rings is 1. The van der Waals surface area contributed by atoms with Crippen molar-refractivity contribution < 1.29 is 8.78 Å². The first kappa shape index (κ1) is 11.7. The quantitative estimate of drug-likeness (QED) is 0.582. The SMILES string of the molecule is Cc1nc2c(F)c(C#CSI)c(F)cc2[nH]1. The molecule has 6 heteroatoms. The molecule has 0 aliphatic rings. The van der Waals surface area contributed by atoms with Crippen molar-refractivity contribution in [3.63, 3.8) is 0 Å². The van der Waals surface area contributed by atoms with Gasteiger partial charge < -0.3 is 4.98 Å². The number of halogens is 3. The zero-order valence-electron chi connectivity index (χ0n) is 8.07. The van der Waals surface area contributed by atoms with Crippen molar-refractivity contribution in [3.05, 3.63) is 29.1 Å². The van der Waals surface area contributed by atoms with Crippen molar-refractivity contribution >= 4 is 41.2 Å². The van der Waals surface area contributed by atoms with Crippen LogP contribution in [0.15, 0.2) is 6.07 Å². The lowest BCUT2D eigenvalue weighted by atomic mass is 10.2. The second-order valence-electron chi connectivity index (χ2n) is 3.07. The molecular weight excluding hydrogens is 345 g/mol. The predicted octanol–water partition coefficient (Wildman–Crippen LogP) is 3.54. The zero-order chi connectivity index (χ0) is 11.7. The second-order valence-corrected chi connectivity index (χ2v) is 4.75. The van der Waals surface area contributed by atoms with Crippen molar-refractivity contribution in [1.29, 1.82) is 0 Å². The number of aromatic nitrogens is 2. The van der Waals surface area contributed by atoms with Crippen molar-refractivity contribution in [1.82, 2.24) is 9.97 Å². The average Bonchev–Trinajstić information content (AvgIpc) is 2.59. The predicted molar refractivity (Wildman–Crippen MR) is 69.2 cm³/mol. The first-order chi connectivity index (χ1) is 7.63. The number of aromatic amines is 1. The van der Waals surface area contributed by atoms with E-state index in [9.17, 15) is 8.78 Å². The first-order valence-electron chi connectivity index (χ1n) is 4.26. The van der Waals surface area contributed by atoms with Gasteiger partial charge in [-0.2, -0.15) is 0 Å². The van der Waals surface area contributed by atoms with Gasteiger partial charge in [0.25, 0.3) is 0 Å². The van der Waals surface area contributed by atoms with Crippen LogP contribution in [0, 0.1) is 29.7 Å². The molecule has 1 aromatic heterocycles. The lowest BCUT2D eigenvalue weighted by Crippen LogP contribution is -1.91. The normalized spacial score (nSPS) is 10.2.